The van der Waals surface area contributed by atoms with Crippen LogP contribution in [0.3, 0.4) is 0 Å². The Kier molecular flexibility index (Phi) is 5.78. The van der Waals surface area contributed by atoms with Gasteiger partial charge in [0, 0.05) is 57.7 Å². The number of aliphatic imine (C=N–C) groups is 1. The summed E-state index contributed by atoms with van der Waals surface area (Å²) in [6, 6.07) is 0. The van der Waals surface area contributed by atoms with E-state index in [1.54, 1.807) is 0 Å². The molecule has 0 radical (unpaired) electrons. The van der Waals surface area contributed by atoms with Crippen LogP contribution in [0.5, 0.6) is 0 Å². The lowest BCUT2D eigenvalue weighted by molar-refractivity contribution is 0.370. The van der Waals surface area contributed by atoms with E-state index in [4.69, 9.17) is 0 Å². The Morgan fingerprint density at radius 1 is 1.33 bits per heavy atom. The van der Waals surface area contributed by atoms with Crippen molar-refractivity contribution in [2.75, 3.05) is 44.7 Å². The van der Waals surface area contributed by atoms with Gasteiger partial charge in [0.05, 0.1) is 0 Å². The molecule has 7 heteroatoms. The van der Waals surface area contributed by atoms with Crippen LogP contribution in [0.2, 0.25) is 0 Å². The fraction of sp³-hybridized carbons (Fsp3) is 0.786. The Hall–Kier alpha value is -1.37. The largest absolute Gasteiger partial charge is 0.356 e. The van der Waals surface area contributed by atoms with E-state index in [-0.39, 0.29) is 0 Å². The van der Waals surface area contributed by atoms with E-state index in [2.05, 4.69) is 50.2 Å². The molecule has 1 fully saturated rings. The van der Waals surface area contributed by atoms with Crippen molar-refractivity contribution in [3.05, 3.63) is 5.82 Å². The van der Waals surface area contributed by atoms with Gasteiger partial charge in [-0.05, 0) is 5.92 Å². The molecule has 1 aromatic rings. The summed E-state index contributed by atoms with van der Waals surface area (Å²) in [7, 11) is 1.85. The van der Waals surface area contributed by atoms with Gasteiger partial charge in [-0.2, -0.15) is 4.37 Å². The highest BCUT2D eigenvalue weighted by atomic mass is 32.1. The molecule has 6 nitrogen and oxygen atoms in total. The van der Waals surface area contributed by atoms with Gasteiger partial charge in [0.25, 0.3) is 0 Å². The minimum atomic E-state index is 0.622. The molecule has 1 N–H and O–H groups in total. The third-order valence-electron chi connectivity index (χ3n) is 3.50. The topological polar surface area (TPSA) is 56.7 Å². The summed E-state index contributed by atoms with van der Waals surface area (Å²) in [6.45, 7) is 11.4. The zero-order valence-corrected chi connectivity index (χ0v) is 14.3. The number of anilines is 1. The van der Waals surface area contributed by atoms with Gasteiger partial charge in [-0.15, -0.1) is 0 Å². The van der Waals surface area contributed by atoms with Gasteiger partial charge >= 0.3 is 0 Å². The molecule has 0 aromatic carbocycles. The highest BCUT2D eigenvalue weighted by molar-refractivity contribution is 7.09. The van der Waals surface area contributed by atoms with Crippen molar-refractivity contribution in [3.8, 4) is 0 Å². The number of aryl methyl sites for hydroxylation is 1. The predicted molar refractivity (Wildman–Crippen MR) is 89.3 cm³/mol. The Morgan fingerprint density at radius 3 is 2.57 bits per heavy atom. The standard InChI is InChI=1S/C14H26N6S/c1-5-12-17-14(21-18-12)20-8-6-19(7-9-20)13(15-4)16-10-11(2)3/h11H,5-10H2,1-4H3,(H,15,16). The number of rotatable bonds is 4. The number of piperazine rings is 1. The second-order valence-electron chi connectivity index (χ2n) is 5.64. The maximum Gasteiger partial charge on any atom is 0.205 e. The summed E-state index contributed by atoms with van der Waals surface area (Å²) in [4.78, 5) is 13.6. The predicted octanol–water partition coefficient (Wildman–Crippen LogP) is 1.45. The van der Waals surface area contributed by atoms with Crippen molar-refractivity contribution in [2.24, 2.45) is 10.9 Å². The molecule has 0 unspecified atom stereocenters. The molecule has 0 bridgehead atoms. The Morgan fingerprint density at radius 2 is 2.05 bits per heavy atom. The summed E-state index contributed by atoms with van der Waals surface area (Å²) in [6.07, 6.45) is 0.905. The molecular weight excluding hydrogens is 284 g/mol. The van der Waals surface area contributed by atoms with Crippen LogP contribution >= 0.6 is 11.5 Å². The zero-order chi connectivity index (χ0) is 15.2. The summed E-state index contributed by atoms with van der Waals surface area (Å²) >= 11 is 1.51. The molecule has 1 aliphatic heterocycles. The first kappa shape index (κ1) is 16.0. The van der Waals surface area contributed by atoms with E-state index >= 15 is 0 Å². The van der Waals surface area contributed by atoms with Gasteiger partial charge in [-0.25, -0.2) is 4.98 Å². The molecule has 0 saturated carbocycles. The van der Waals surface area contributed by atoms with E-state index in [0.29, 0.717) is 5.92 Å². The van der Waals surface area contributed by atoms with Crippen LogP contribution in [0.15, 0.2) is 4.99 Å². The summed E-state index contributed by atoms with van der Waals surface area (Å²) in [5.41, 5.74) is 0. The maximum absolute atomic E-state index is 4.57. The first-order valence-electron chi connectivity index (χ1n) is 7.67. The fourth-order valence-corrected chi connectivity index (χ4v) is 3.06. The van der Waals surface area contributed by atoms with Gasteiger partial charge < -0.3 is 15.1 Å². The lowest BCUT2D eigenvalue weighted by Gasteiger charge is -2.36. The van der Waals surface area contributed by atoms with Crippen LogP contribution < -0.4 is 10.2 Å². The van der Waals surface area contributed by atoms with Crippen LogP contribution in [0.1, 0.15) is 26.6 Å². The first-order chi connectivity index (χ1) is 10.1. The quantitative estimate of drug-likeness (QED) is 0.674. The number of nitrogens with zero attached hydrogens (tertiary/aromatic N) is 5. The van der Waals surface area contributed by atoms with Gasteiger partial charge in [-0.1, -0.05) is 20.8 Å². The number of hydrogen-bond donors (Lipinski definition) is 1. The SMILES string of the molecule is CCc1nsc(N2CCN(C(=NC)NCC(C)C)CC2)n1. The van der Waals surface area contributed by atoms with Crippen molar-refractivity contribution in [2.45, 2.75) is 27.2 Å². The van der Waals surface area contributed by atoms with E-state index in [1.807, 2.05) is 7.05 Å². The van der Waals surface area contributed by atoms with Crippen molar-refractivity contribution < 1.29 is 0 Å². The minimum absolute atomic E-state index is 0.622. The smallest absolute Gasteiger partial charge is 0.205 e. The highest BCUT2D eigenvalue weighted by Gasteiger charge is 2.21. The summed E-state index contributed by atoms with van der Waals surface area (Å²) < 4.78 is 4.37. The molecule has 21 heavy (non-hydrogen) atoms. The van der Waals surface area contributed by atoms with Crippen LogP contribution in [0, 0.1) is 5.92 Å². The second kappa shape index (κ2) is 7.59. The molecule has 1 aliphatic rings. The lowest BCUT2D eigenvalue weighted by Crippen LogP contribution is -2.53. The number of hydrogen-bond acceptors (Lipinski definition) is 5. The average molecular weight is 310 g/mol. The first-order valence-corrected chi connectivity index (χ1v) is 8.44. The molecule has 1 saturated heterocycles. The van der Waals surface area contributed by atoms with Crippen molar-refractivity contribution in [1.82, 2.24) is 19.6 Å². The van der Waals surface area contributed by atoms with Crippen molar-refractivity contribution in [1.29, 1.82) is 0 Å². The van der Waals surface area contributed by atoms with Gasteiger partial charge in [0.1, 0.15) is 5.82 Å². The lowest BCUT2D eigenvalue weighted by atomic mass is 10.2. The second-order valence-corrected chi connectivity index (χ2v) is 6.37. The normalized spacial score (nSPS) is 16.7. The third-order valence-corrected chi connectivity index (χ3v) is 4.32. The average Bonchev–Trinajstić information content (AvgIpc) is 2.97. The van der Waals surface area contributed by atoms with Crippen LogP contribution in [-0.2, 0) is 6.42 Å². The molecule has 118 valence electrons. The minimum Gasteiger partial charge on any atom is -0.356 e. The van der Waals surface area contributed by atoms with Crippen LogP contribution in [0.25, 0.3) is 0 Å². The molecule has 0 spiro atoms. The van der Waals surface area contributed by atoms with Crippen LogP contribution in [0.4, 0.5) is 5.13 Å². The van der Waals surface area contributed by atoms with Gasteiger partial charge in [-0.3, -0.25) is 4.99 Å². The Labute approximate surface area is 131 Å². The summed E-state index contributed by atoms with van der Waals surface area (Å²) in [5.74, 6) is 2.58. The monoisotopic (exact) mass is 310 g/mol. The van der Waals surface area contributed by atoms with Crippen molar-refractivity contribution >= 4 is 22.6 Å². The van der Waals surface area contributed by atoms with E-state index in [0.717, 1.165) is 56.1 Å². The molecule has 1 aromatic heterocycles. The Bertz CT molecular complexity index is 462. The maximum atomic E-state index is 4.57. The molecule has 0 amide bonds. The highest BCUT2D eigenvalue weighted by Crippen LogP contribution is 2.19. The molecule has 0 atom stereocenters. The van der Waals surface area contributed by atoms with Gasteiger partial charge in [0.2, 0.25) is 5.13 Å². The molecule has 0 aliphatic carbocycles. The fourth-order valence-electron chi connectivity index (χ4n) is 2.25. The molecule has 2 heterocycles. The number of guanidine groups is 1. The number of aromatic nitrogens is 2. The van der Waals surface area contributed by atoms with E-state index in [1.165, 1.54) is 11.5 Å². The number of nitrogens with one attached hydrogen (secondary N) is 1. The zero-order valence-electron chi connectivity index (χ0n) is 13.5. The van der Waals surface area contributed by atoms with Crippen molar-refractivity contribution in [3.63, 3.8) is 0 Å². The molecule has 2 rings (SSSR count). The van der Waals surface area contributed by atoms with Gasteiger partial charge in [0.15, 0.2) is 5.96 Å². The van der Waals surface area contributed by atoms with E-state index in [9.17, 15) is 0 Å². The summed E-state index contributed by atoms with van der Waals surface area (Å²) in [5, 5.41) is 4.49. The third kappa shape index (κ3) is 4.30. The van der Waals surface area contributed by atoms with Crippen LogP contribution in [-0.4, -0.2) is 60.0 Å². The molecular formula is C14H26N6S. The van der Waals surface area contributed by atoms with E-state index < -0.39 is 0 Å². The Balaban J connectivity index is 1.87.